The maximum Gasteiger partial charge on any atom is 0.412 e. The quantitative estimate of drug-likeness (QED) is 0.602. The molecule has 0 aromatic heterocycles. The summed E-state index contributed by atoms with van der Waals surface area (Å²) >= 11 is 0. The molecule has 1 aromatic rings. The summed E-state index contributed by atoms with van der Waals surface area (Å²) in [5, 5.41) is 0. The molecule has 0 saturated heterocycles. The highest BCUT2D eigenvalue weighted by Crippen LogP contribution is 2.33. The molecule has 1 aliphatic carbocycles. The Morgan fingerprint density at radius 2 is 1.96 bits per heavy atom. The number of hydrogen-bond acceptors (Lipinski definition) is 6. The highest BCUT2D eigenvalue weighted by molar-refractivity contribution is 5.83. The molecule has 1 saturated carbocycles. The van der Waals surface area contributed by atoms with Crippen LogP contribution in [0, 0.1) is 0 Å². The van der Waals surface area contributed by atoms with Crippen molar-refractivity contribution in [3.8, 4) is 5.75 Å². The summed E-state index contributed by atoms with van der Waals surface area (Å²) in [6, 6.07) is 7.52. The van der Waals surface area contributed by atoms with E-state index in [0.717, 1.165) is 11.3 Å². The molecule has 132 valence electrons. The van der Waals surface area contributed by atoms with Crippen LogP contribution in [-0.2, 0) is 20.7 Å². The Morgan fingerprint density at radius 1 is 1.29 bits per heavy atom. The lowest BCUT2D eigenvalue weighted by atomic mass is 10.1. The van der Waals surface area contributed by atoms with E-state index in [-0.39, 0.29) is 6.04 Å². The number of rotatable bonds is 7. The lowest BCUT2D eigenvalue weighted by Crippen LogP contribution is -2.39. The second-order valence-corrected chi connectivity index (χ2v) is 6.09. The number of benzene rings is 1. The lowest BCUT2D eigenvalue weighted by Gasteiger charge is -2.25. The van der Waals surface area contributed by atoms with Crippen molar-refractivity contribution in [2.45, 2.75) is 37.8 Å². The fourth-order valence-corrected chi connectivity index (χ4v) is 2.22. The van der Waals surface area contributed by atoms with Gasteiger partial charge in [-0.3, -0.25) is 0 Å². The lowest BCUT2D eigenvalue weighted by molar-refractivity contribution is -0.155. The molecule has 24 heavy (non-hydrogen) atoms. The standard InChI is InChI=1S/C17H24N2O5/c1-12(10-13-6-4-5-7-14(13)22-3)19(2)16(21)24-11-23-15(20)17(18)8-9-17/h4-7,12H,8-11,18H2,1-3H3. The van der Waals surface area contributed by atoms with Crippen molar-refractivity contribution in [1.82, 2.24) is 4.90 Å². The van der Waals surface area contributed by atoms with Crippen LogP contribution in [0.25, 0.3) is 0 Å². The van der Waals surface area contributed by atoms with Gasteiger partial charge in [0.15, 0.2) is 0 Å². The third kappa shape index (κ3) is 4.38. The topological polar surface area (TPSA) is 91.1 Å². The van der Waals surface area contributed by atoms with Gasteiger partial charge in [0.25, 0.3) is 0 Å². The predicted octanol–water partition coefficient (Wildman–Crippen LogP) is 1.69. The maximum atomic E-state index is 12.0. The number of ether oxygens (including phenoxy) is 3. The molecule has 0 radical (unpaired) electrons. The summed E-state index contributed by atoms with van der Waals surface area (Å²) in [4.78, 5) is 25.0. The van der Waals surface area contributed by atoms with Crippen LogP contribution in [0.5, 0.6) is 5.75 Å². The number of amides is 1. The molecule has 7 nitrogen and oxygen atoms in total. The van der Waals surface area contributed by atoms with Crippen LogP contribution in [0.2, 0.25) is 0 Å². The minimum Gasteiger partial charge on any atom is -0.496 e. The van der Waals surface area contributed by atoms with E-state index in [9.17, 15) is 9.59 Å². The summed E-state index contributed by atoms with van der Waals surface area (Å²) in [5.41, 5.74) is 5.81. The molecule has 1 unspecified atom stereocenters. The van der Waals surface area contributed by atoms with Gasteiger partial charge in [-0.15, -0.1) is 0 Å². The molecule has 0 heterocycles. The van der Waals surface area contributed by atoms with E-state index in [2.05, 4.69) is 0 Å². The van der Waals surface area contributed by atoms with Crippen molar-refractivity contribution in [2.75, 3.05) is 21.0 Å². The van der Waals surface area contributed by atoms with Gasteiger partial charge in [0.05, 0.1) is 7.11 Å². The largest absolute Gasteiger partial charge is 0.496 e. The number of esters is 1. The van der Waals surface area contributed by atoms with Crippen molar-refractivity contribution in [3.05, 3.63) is 29.8 Å². The number of carbonyl (C=O) groups excluding carboxylic acids is 2. The van der Waals surface area contributed by atoms with E-state index in [0.29, 0.717) is 19.3 Å². The van der Waals surface area contributed by atoms with E-state index in [4.69, 9.17) is 19.9 Å². The molecule has 0 spiro atoms. The van der Waals surface area contributed by atoms with Crippen LogP contribution in [-0.4, -0.2) is 49.5 Å². The van der Waals surface area contributed by atoms with Crippen LogP contribution >= 0.6 is 0 Å². The van der Waals surface area contributed by atoms with Crippen LogP contribution in [0.15, 0.2) is 24.3 Å². The second kappa shape index (κ2) is 7.53. The van der Waals surface area contributed by atoms with Crippen molar-refractivity contribution in [1.29, 1.82) is 0 Å². The van der Waals surface area contributed by atoms with E-state index >= 15 is 0 Å². The Kier molecular flexibility index (Phi) is 5.66. The van der Waals surface area contributed by atoms with E-state index in [1.54, 1.807) is 14.2 Å². The fourth-order valence-electron chi connectivity index (χ4n) is 2.22. The molecule has 1 fully saturated rings. The number of methoxy groups -OCH3 is 1. The van der Waals surface area contributed by atoms with Crippen LogP contribution in [0.4, 0.5) is 4.79 Å². The van der Waals surface area contributed by atoms with Crippen molar-refractivity contribution >= 4 is 12.1 Å². The molecule has 1 atom stereocenters. The van der Waals surface area contributed by atoms with Gasteiger partial charge in [-0.2, -0.15) is 0 Å². The average molecular weight is 336 g/mol. The van der Waals surface area contributed by atoms with Gasteiger partial charge < -0.3 is 24.8 Å². The maximum absolute atomic E-state index is 12.0. The zero-order valence-corrected chi connectivity index (χ0v) is 14.3. The first-order valence-electron chi connectivity index (χ1n) is 7.85. The smallest absolute Gasteiger partial charge is 0.412 e. The summed E-state index contributed by atoms with van der Waals surface area (Å²) in [6.07, 6.45) is 1.26. The summed E-state index contributed by atoms with van der Waals surface area (Å²) in [6.45, 7) is 1.47. The first-order valence-corrected chi connectivity index (χ1v) is 7.85. The van der Waals surface area contributed by atoms with Gasteiger partial charge in [-0.1, -0.05) is 18.2 Å². The minimum absolute atomic E-state index is 0.117. The third-order valence-electron chi connectivity index (χ3n) is 4.22. The number of para-hydroxylation sites is 1. The summed E-state index contributed by atoms with van der Waals surface area (Å²) < 4.78 is 15.2. The third-order valence-corrected chi connectivity index (χ3v) is 4.22. The second-order valence-electron chi connectivity index (χ2n) is 6.09. The van der Waals surface area contributed by atoms with E-state index in [1.165, 1.54) is 4.90 Å². The fraction of sp³-hybridized carbons (Fsp3) is 0.529. The number of nitrogens with two attached hydrogens (primary N) is 1. The van der Waals surface area contributed by atoms with Gasteiger partial charge >= 0.3 is 12.1 Å². The molecule has 2 N–H and O–H groups in total. The molecule has 1 aliphatic rings. The molecular weight excluding hydrogens is 312 g/mol. The van der Waals surface area contributed by atoms with Gasteiger partial charge in [0.1, 0.15) is 11.3 Å². The Balaban J connectivity index is 1.80. The Morgan fingerprint density at radius 3 is 2.58 bits per heavy atom. The average Bonchev–Trinajstić information content (AvgIpc) is 3.33. The molecular formula is C17H24N2O5. The normalized spacial score (nSPS) is 16.0. The minimum atomic E-state index is -0.880. The monoisotopic (exact) mass is 336 g/mol. The van der Waals surface area contributed by atoms with Crippen molar-refractivity contribution in [2.24, 2.45) is 5.73 Å². The first-order chi connectivity index (χ1) is 11.4. The Hall–Kier alpha value is -2.28. The molecule has 7 heteroatoms. The number of hydrogen-bond donors (Lipinski definition) is 1. The van der Waals surface area contributed by atoms with Crippen molar-refractivity contribution in [3.63, 3.8) is 0 Å². The SMILES string of the molecule is COc1ccccc1CC(C)N(C)C(=O)OCOC(=O)C1(N)CC1. The van der Waals surface area contributed by atoms with Crippen LogP contribution < -0.4 is 10.5 Å². The Bertz CT molecular complexity index is 600. The van der Waals surface area contributed by atoms with Gasteiger partial charge in [0, 0.05) is 13.1 Å². The zero-order valence-electron chi connectivity index (χ0n) is 14.3. The molecule has 1 aromatic carbocycles. The van der Waals surface area contributed by atoms with Gasteiger partial charge in [0.2, 0.25) is 6.79 Å². The van der Waals surface area contributed by atoms with Crippen LogP contribution in [0.3, 0.4) is 0 Å². The molecule has 2 rings (SSSR count). The summed E-state index contributed by atoms with van der Waals surface area (Å²) in [5.74, 6) is 0.248. The summed E-state index contributed by atoms with van der Waals surface area (Å²) in [7, 11) is 3.25. The number of carbonyl (C=O) groups is 2. The van der Waals surface area contributed by atoms with Gasteiger partial charge in [-0.25, -0.2) is 9.59 Å². The Labute approximate surface area is 141 Å². The van der Waals surface area contributed by atoms with Crippen LogP contribution in [0.1, 0.15) is 25.3 Å². The van der Waals surface area contributed by atoms with Crippen molar-refractivity contribution < 1.29 is 23.8 Å². The highest BCUT2D eigenvalue weighted by atomic mass is 16.7. The first kappa shape index (κ1) is 18.1. The molecule has 1 amide bonds. The van der Waals surface area contributed by atoms with Gasteiger partial charge in [-0.05, 0) is 37.8 Å². The predicted molar refractivity (Wildman–Crippen MR) is 87.5 cm³/mol. The zero-order chi connectivity index (χ0) is 17.7. The molecule has 0 bridgehead atoms. The van der Waals surface area contributed by atoms with E-state index in [1.807, 2.05) is 31.2 Å². The molecule has 0 aliphatic heterocycles. The van der Waals surface area contributed by atoms with E-state index < -0.39 is 24.4 Å². The highest BCUT2D eigenvalue weighted by Gasteiger charge is 2.47. The number of nitrogens with zero attached hydrogens (tertiary/aromatic N) is 1. The number of likely N-dealkylation sites (N-methyl/N-ethyl adjacent to an activating group) is 1.